The molecular formula is C20H32N4O4S. The van der Waals surface area contributed by atoms with Crippen LogP contribution in [0, 0.1) is 0 Å². The lowest BCUT2D eigenvalue weighted by molar-refractivity contribution is -0.117. The number of hydrogen-bond donors (Lipinski definition) is 1. The highest BCUT2D eigenvalue weighted by Crippen LogP contribution is 2.30. The van der Waals surface area contributed by atoms with Crippen molar-refractivity contribution in [2.75, 3.05) is 64.8 Å². The van der Waals surface area contributed by atoms with Gasteiger partial charge in [-0.2, -0.15) is 4.31 Å². The van der Waals surface area contributed by atoms with Crippen LogP contribution >= 0.6 is 0 Å². The van der Waals surface area contributed by atoms with Gasteiger partial charge < -0.3 is 15.0 Å². The first-order valence-corrected chi connectivity index (χ1v) is 11.8. The minimum Gasteiger partial charge on any atom is -0.492 e. The van der Waals surface area contributed by atoms with E-state index in [0.717, 1.165) is 45.4 Å². The Bertz CT molecular complexity index is 801. The van der Waals surface area contributed by atoms with Crippen LogP contribution in [0.25, 0.3) is 0 Å². The van der Waals surface area contributed by atoms with Gasteiger partial charge in [0.05, 0.1) is 23.7 Å². The van der Waals surface area contributed by atoms with E-state index in [1.165, 1.54) is 10.4 Å². The minimum absolute atomic E-state index is 0.164. The monoisotopic (exact) mass is 424 g/mol. The number of carbonyl (C=O) groups excluding carboxylic acids is 1. The molecule has 0 atom stereocenters. The van der Waals surface area contributed by atoms with Gasteiger partial charge in [-0.25, -0.2) is 8.42 Å². The third kappa shape index (κ3) is 5.69. The first kappa shape index (κ1) is 22.0. The molecule has 2 saturated heterocycles. The molecule has 3 rings (SSSR count). The van der Waals surface area contributed by atoms with E-state index < -0.39 is 10.0 Å². The number of amides is 1. The molecule has 8 nitrogen and oxygen atoms in total. The van der Waals surface area contributed by atoms with Crippen molar-refractivity contribution in [3.63, 3.8) is 0 Å². The molecule has 0 aliphatic carbocycles. The third-order valence-corrected chi connectivity index (χ3v) is 7.34. The molecule has 2 fully saturated rings. The molecule has 0 bridgehead atoms. The average molecular weight is 425 g/mol. The molecule has 2 heterocycles. The van der Waals surface area contributed by atoms with Crippen molar-refractivity contribution in [2.45, 2.75) is 31.1 Å². The number of nitrogens with zero attached hydrogens (tertiary/aromatic N) is 3. The summed E-state index contributed by atoms with van der Waals surface area (Å²) in [5, 5.41) is 2.87. The Morgan fingerprint density at radius 2 is 1.76 bits per heavy atom. The van der Waals surface area contributed by atoms with Gasteiger partial charge in [0.15, 0.2) is 0 Å². The van der Waals surface area contributed by atoms with Gasteiger partial charge >= 0.3 is 0 Å². The van der Waals surface area contributed by atoms with Crippen molar-refractivity contribution < 1.29 is 17.9 Å². The highest BCUT2D eigenvalue weighted by atomic mass is 32.2. The van der Waals surface area contributed by atoms with E-state index in [1.54, 1.807) is 12.1 Å². The molecule has 0 radical (unpaired) electrons. The van der Waals surface area contributed by atoms with Crippen LogP contribution in [0.4, 0.5) is 5.69 Å². The zero-order chi connectivity index (χ0) is 20.9. The molecule has 0 aromatic heterocycles. The number of hydrogen-bond acceptors (Lipinski definition) is 6. The molecule has 162 valence electrons. The van der Waals surface area contributed by atoms with Crippen molar-refractivity contribution in [3.05, 3.63) is 18.2 Å². The number of rotatable bonds is 7. The fourth-order valence-electron chi connectivity index (χ4n) is 3.70. The number of nitrogens with one attached hydrogen (secondary N) is 1. The zero-order valence-electron chi connectivity index (χ0n) is 17.4. The van der Waals surface area contributed by atoms with Gasteiger partial charge in [-0.3, -0.25) is 9.69 Å². The summed E-state index contributed by atoms with van der Waals surface area (Å²) >= 11 is 0. The summed E-state index contributed by atoms with van der Waals surface area (Å²) in [4.78, 5) is 17.1. The maximum atomic E-state index is 13.0. The fraction of sp³-hybridized carbons (Fsp3) is 0.650. The number of benzene rings is 1. The Kier molecular flexibility index (Phi) is 7.50. The van der Waals surface area contributed by atoms with E-state index in [1.807, 2.05) is 6.92 Å². The van der Waals surface area contributed by atoms with Crippen LogP contribution in [0.3, 0.4) is 0 Å². The van der Waals surface area contributed by atoms with Crippen LogP contribution in [0.1, 0.15) is 26.2 Å². The third-order valence-electron chi connectivity index (χ3n) is 5.44. The second kappa shape index (κ2) is 9.88. The Morgan fingerprint density at radius 3 is 2.41 bits per heavy atom. The normalized spacial score (nSPS) is 19.8. The number of carbonyl (C=O) groups is 1. The lowest BCUT2D eigenvalue weighted by Gasteiger charge is -2.31. The van der Waals surface area contributed by atoms with Gasteiger partial charge in [-0.1, -0.05) is 6.42 Å². The zero-order valence-corrected chi connectivity index (χ0v) is 18.2. The van der Waals surface area contributed by atoms with Crippen LogP contribution in [0.2, 0.25) is 0 Å². The second-order valence-corrected chi connectivity index (χ2v) is 9.62. The molecule has 0 saturated carbocycles. The first-order chi connectivity index (χ1) is 13.9. The van der Waals surface area contributed by atoms with E-state index in [4.69, 9.17) is 4.74 Å². The number of anilines is 1. The van der Waals surface area contributed by atoms with Crippen LogP contribution in [0.15, 0.2) is 23.1 Å². The summed E-state index contributed by atoms with van der Waals surface area (Å²) in [5.74, 6) is 0.319. The minimum atomic E-state index is -3.57. The molecule has 9 heteroatoms. The summed E-state index contributed by atoms with van der Waals surface area (Å²) < 4.78 is 33.1. The number of ether oxygens (including phenoxy) is 1. The van der Waals surface area contributed by atoms with Gasteiger partial charge in [-0.05, 0) is 45.0 Å². The Balaban J connectivity index is 1.75. The molecule has 2 aliphatic heterocycles. The van der Waals surface area contributed by atoms with Crippen molar-refractivity contribution >= 4 is 21.6 Å². The Hall–Kier alpha value is -1.68. The van der Waals surface area contributed by atoms with Gasteiger partial charge in [0, 0.05) is 39.3 Å². The van der Waals surface area contributed by atoms with Crippen LogP contribution < -0.4 is 10.1 Å². The lowest BCUT2D eigenvalue weighted by atomic mass is 10.2. The molecule has 1 amide bonds. The van der Waals surface area contributed by atoms with Crippen LogP contribution in [-0.2, 0) is 14.8 Å². The van der Waals surface area contributed by atoms with Gasteiger partial charge in [0.25, 0.3) is 0 Å². The van der Waals surface area contributed by atoms with E-state index in [0.29, 0.717) is 31.1 Å². The van der Waals surface area contributed by atoms with Crippen LogP contribution in [-0.4, -0.2) is 87.9 Å². The predicted octanol–water partition coefficient (Wildman–Crippen LogP) is 1.45. The molecular weight excluding hydrogens is 392 g/mol. The van der Waals surface area contributed by atoms with Crippen molar-refractivity contribution in [1.82, 2.24) is 14.1 Å². The van der Waals surface area contributed by atoms with E-state index in [-0.39, 0.29) is 17.3 Å². The van der Waals surface area contributed by atoms with Gasteiger partial charge in [-0.15, -0.1) is 0 Å². The molecule has 0 spiro atoms. The number of piperidine rings is 1. The summed E-state index contributed by atoms with van der Waals surface area (Å²) in [6, 6.07) is 4.72. The SMILES string of the molecule is CCOc1ccc(S(=O)(=O)N2CCCCC2)cc1NC(=O)CN1CCN(C)CC1. The number of piperazine rings is 1. The standard InChI is InChI=1S/C20H32N4O4S/c1-3-28-19-8-7-17(29(26,27)24-9-5-4-6-10-24)15-18(19)21-20(25)16-23-13-11-22(2)12-14-23/h7-8,15H,3-6,9-14,16H2,1-2H3,(H,21,25). The summed E-state index contributed by atoms with van der Waals surface area (Å²) in [6.07, 6.45) is 2.82. The van der Waals surface area contributed by atoms with Crippen molar-refractivity contribution in [2.24, 2.45) is 0 Å². The van der Waals surface area contributed by atoms with E-state index in [2.05, 4.69) is 22.2 Å². The first-order valence-electron chi connectivity index (χ1n) is 10.4. The highest BCUT2D eigenvalue weighted by Gasteiger charge is 2.27. The topological polar surface area (TPSA) is 82.2 Å². The summed E-state index contributed by atoms with van der Waals surface area (Å²) in [5.41, 5.74) is 0.407. The predicted molar refractivity (Wildman–Crippen MR) is 113 cm³/mol. The van der Waals surface area contributed by atoms with E-state index >= 15 is 0 Å². The summed E-state index contributed by atoms with van der Waals surface area (Å²) in [6.45, 7) is 7.19. The Morgan fingerprint density at radius 1 is 1.07 bits per heavy atom. The molecule has 0 unspecified atom stereocenters. The Labute approximate surface area is 173 Å². The van der Waals surface area contributed by atoms with Crippen LogP contribution in [0.5, 0.6) is 5.75 Å². The highest BCUT2D eigenvalue weighted by molar-refractivity contribution is 7.89. The number of sulfonamides is 1. The fourth-order valence-corrected chi connectivity index (χ4v) is 5.25. The van der Waals surface area contributed by atoms with Crippen molar-refractivity contribution in [3.8, 4) is 5.75 Å². The lowest BCUT2D eigenvalue weighted by Crippen LogP contribution is -2.47. The van der Waals surface area contributed by atoms with E-state index in [9.17, 15) is 13.2 Å². The van der Waals surface area contributed by atoms with Crippen molar-refractivity contribution in [1.29, 1.82) is 0 Å². The largest absolute Gasteiger partial charge is 0.492 e. The molecule has 2 aliphatic rings. The molecule has 1 N–H and O–H groups in total. The smallest absolute Gasteiger partial charge is 0.243 e. The molecule has 1 aromatic carbocycles. The molecule has 29 heavy (non-hydrogen) atoms. The number of likely N-dealkylation sites (N-methyl/N-ethyl adjacent to an activating group) is 1. The average Bonchev–Trinajstić information content (AvgIpc) is 2.72. The maximum absolute atomic E-state index is 13.0. The van der Waals surface area contributed by atoms with Gasteiger partial charge in [0.1, 0.15) is 5.75 Å². The second-order valence-electron chi connectivity index (χ2n) is 7.68. The summed E-state index contributed by atoms with van der Waals surface area (Å²) in [7, 11) is -1.51. The molecule has 1 aromatic rings. The maximum Gasteiger partial charge on any atom is 0.243 e. The van der Waals surface area contributed by atoms with Gasteiger partial charge in [0.2, 0.25) is 15.9 Å². The quantitative estimate of drug-likeness (QED) is 0.713.